The van der Waals surface area contributed by atoms with Crippen molar-refractivity contribution in [2.75, 3.05) is 19.2 Å². The van der Waals surface area contributed by atoms with Crippen LogP contribution in [0.2, 0.25) is 0 Å². The number of benzene rings is 1. The SMILES string of the molecule is CON(C)c1cc(F)ccc1[N+](=O)[O-]. The van der Waals surface area contributed by atoms with Gasteiger partial charge in [0, 0.05) is 19.2 Å². The largest absolute Gasteiger partial charge is 0.295 e. The van der Waals surface area contributed by atoms with Crippen molar-refractivity contribution in [1.82, 2.24) is 0 Å². The van der Waals surface area contributed by atoms with Crippen molar-refractivity contribution in [3.8, 4) is 0 Å². The van der Waals surface area contributed by atoms with Crippen LogP contribution in [0.4, 0.5) is 15.8 Å². The third kappa shape index (κ3) is 1.97. The summed E-state index contributed by atoms with van der Waals surface area (Å²) >= 11 is 0. The van der Waals surface area contributed by atoms with Crippen LogP contribution in [0.15, 0.2) is 18.2 Å². The van der Waals surface area contributed by atoms with Crippen molar-refractivity contribution in [2.24, 2.45) is 0 Å². The predicted molar refractivity (Wildman–Crippen MR) is 48.5 cm³/mol. The second-order valence-corrected chi connectivity index (χ2v) is 2.57. The van der Waals surface area contributed by atoms with Crippen LogP contribution in [-0.4, -0.2) is 19.1 Å². The number of hydrogen-bond acceptors (Lipinski definition) is 4. The Bertz CT molecular complexity index is 356. The van der Waals surface area contributed by atoms with Gasteiger partial charge in [0.25, 0.3) is 5.69 Å². The molecule has 0 unspecified atom stereocenters. The third-order valence-corrected chi connectivity index (χ3v) is 1.75. The molecule has 0 aromatic heterocycles. The molecule has 0 aliphatic heterocycles. The van der Waals surface area contributed by atoms with Crippen LogP contribution in [0, 0.1) is 15.9 Å². The minimum absolute atomic E-state index is 0.0810. The zero-order chi connectivity index (χ0) is 10.7. The van der Waals surface area contributed by atoms with E-state index in [4.69, 9.17) is 4.84 Å². The van der Waals surface area contributed by atoms with Crippen LogP contribution in [0.5, 0.6) is 0 Å². The van der Waals surface area contributed by atoms with Gasteiger partial charge in [-0.2, -0.15) is 0 Å². The summed E-state index contributed by atoms with van der Waals surface area (Å²) in [6, 6.07) is 3.17. The van der Waals surface area contributed by atoms with Crippen molar-refractivity contribution >= 4 is 11.4 Å². The average molecular weight is 200 g/mol. The number of hydroxylamine groups is 1. The molecule has 14 heavy (non-hydrogen) atoms. The highest BCUT2D eigenvalue weighted by Crippen LogP contribution is 2.27. The number of nitrogens with zero attached hydrogens (tertiary/aromatic N) is 2. The molecule has 0 bridgehead atoms. The standard InChI is InChI=1S/C8H9FN2O3/c1-10(14-2)8-5-6(9)3-4-7(8)11(12)13/h3-5H,1-2H3. The summed E-state index contributed by atoms with van der Waals surface area (Å²) < 4.78 is 12.8. The number of rotatable bonds is 3. The lowest BCUT2D eigenvalue weighted by atomic mass is 10.2. The molecule has 0 atom stereocenters. The number of hydrogen-bond donors (Lipinski definition) is 0. The Morgan fingerprint density at radius 1 is 1.57 bits per heavy atom. The molecule has 0 N–H and O–H groups in total. The van der Waals surface area contributed by atoms with E-state index in [-0.39, 0.29) is 11.4 Å². The molecule has 0 radical (unpaired) electrons. The Morgan fingerprint density at radius 3 is 2.71 bits per heavy atom. The second kappa shape index (κ2) is 4.01. The van der Waals surface area contributed by atoms with E-state index in [0.717, 1.165) is 23.3 Å². The van der Waals surface area contributed by atoms with E-state index in [2.05, 4.69) is 0 Å². The summed E-state index contributed by atoms with van der Waals surface area (Å²) in [5.41, 5.74) is -0.117. The molecule has 6 heteroatoms. The van der Waals surface area contributed by atoms with E-state index in [1.807, 2.05) is 0 Å². The summed E-state index contributed by atoms with van der Waals surface area (Å²) in [4.78, 5) is 14.7. The molecule has 0 spiro atoms. The first-order chi connectivity index (χ1) is 6.56. The Balaban J connectivity index is 3.22. The van der Waals surface area contributed by atoms with Crippen molar-refractivity contribution in [1.29, 1.82) is 0 Å². The van der Waals surface area contributed by atoms with Crippen LogP contribution in [0.1, 0.15) is 0 Å². The maximum Gasteiger partial charge on any atom is 0.295 e. The summed E-state index contributed by atoms with van der Waals surface area (Å²) in [6.45, 7) is 0. The van der Waals surface area contributed by atoms with Crippen molar-refractivity contribution in [3.05, 3.63) is 34.1 Å². The molecule has 76 valence electrons. The Labute approximate surface area is 79.8 Å². The first-order valence-corrected chi connectivity index (χ1v) is 3.78. The van der Waals surface area contributed by atoms with Gasteiger partial charge in [0.05, 0.1) is 12.0 Å². The first kappa shape index (κ1) is 10.4. The van der Waals surface area contributed by atoms with Gasteiger partial charge in [0.2, 0.25) is 0 Å². The minimum atomic E-state index is -0.593. The van der Waals surface area contributed by atoms with Gasteiger partial charge in [-0.25, -0.2) is 4.39 Å². The molecular formula is C8H9FN2O3. The van der Waals surface area contributed by atoms with Crippen LogP contribution in [-0.2, 0) is 4.84 Å². The first-order valence-electron chi connectivity index (χ1n) is 3.78. The molecule has 0 aliphatic carbocycles. The van der Waals surface area contributed by atoms with Crippen molar-refractivity contribution in [3.63, 3.8) is 0 Å². The van der Waals surface area contributed by atoms with E-state index < -0.39 is 10.7 Å². The molecule has 0 amide bonds. The topological polar surface area (TPSA) is 55.6 Å². The molecule has 0 aliphatic rings. The highest BCUT2D eigenvalue weighted by atomic mass is 19.1. The zero-order valence-corrected chi connectivity index (χ0v) is 7.73. The Hall–Kier alpha value is -1.69. The van der Waals surface area contributed by atoms with Gasteiger partial charge in [-0.1, -0.05) is 0 Å². The van der Waals surface area contributed by atoms with Gasteiger partial charge in [0.15, 0.2) is 0 Å². The molecule has 0 saturated heterocycles. The highest BCUT2D eigenvalue weighted by molar-refractivity contribution is 5.61. The maximum atomic E-state index is 12.8. The number of nitro groups is 1. The maximum absolute atomic E-state index is 12.8. The lowest BCUT2D eigenvalue weighted by Gasteiger charge is -2.15. The van der Waals surface area contributed by atoms with Gasteiger partial charge in [0.1, 0.15) is 11.5 Å². The quantitative estimate of drug-likeness (QED) is 0.550. The lowest BCUT2D eigenvalue weighted by Crippen LogP contribution is -2.16. The molecule has 0 saturated carbocycles. The zero-order valence-electron chi connectivity index (χ0n) is 7.73. The number of anilines is 1. The van der Waals surface area contributed by atoms with E-state index in [0.29, 0.717) is 0 Å². The monoisotopic (exact) mass is 200 g/mol. The fourth-order valence-electron chi connectivity index (χ4n) is 1.00. The predicted octanol–water partition coefficient (Wildman–Crippen LogP) is 1.73. The van der Waals surface area contributed by atoms with Crippen molar-refractivity contribution < 1.29 is 14.2 Å². The third-order valence-electron chi connectivity index (χ3n) is 1.75. The Kier molecular flexibility index (Phi) is 2.98. The van der Waals surface area contributed by atoms with E-state index >= 15 is 0 Å². The van der Waals surface area contributed by atoms with Gasteiger partial charge < -0.3 is 0 Å². The second-order valence-electron chi connectivity index (χ2n) is 2.57. The van der Waals surface area contributed by atoms with E-state index in [9.17, 15) is 14.5 Å². The molecule has 1 aromatic rings. The van der Waals surface area contributed by atoms with Gasteiger partial charge >= 0.3 is 0 Å². The molecule has 1 rings (SSSR count). The Morgan fingerprint density at radius 2 is 2.21 bits per heavy atom. The fourth-order valence-corrected chi connectivity index (χ4v) is 1.00. The fraction of sp³-hybridized carbons (Fsp3) is 0.250. The minimum Gasteiger partial charge on any atom is -0.277 e. The molecule has 5 nitrogen and oxygen atoms in total. The smallest absolute Gasteiger partial charge is 0.277 e. The van der Waals surface area contributed by atoms with E-state index in [1.54, 1.807) is 0 Å². The van der Waals surface area contributed by atoms with Crippen LogP contribution in [0.3, 0.4) is 0 Å². The van der Waals surface area contributed by atoms with Crippen molar-refractivity contribution in [2.45, 2.75) is 0 Å². The molecule has 1 aromatic carbocycles. The summed E-state index contributed by atoms with van der Waals surface area (Å²) in [5.74, 6) is -0.547. The molecular weight excluding hydrogens is 191 g/mol. The number of nitro benzene ring substituents is 1. The van der Waals surface area contributed by atoms with Crippen LogP contribution >= 0.6 is 0 Å². The summed E-state index contributed by atoms with van der Waals surface area (Å²) in [5, 5.41) is 11.7. The molecule has 0 heterocycles. The van der Waals surface area contributed by atoms with E-state index in [1.165, 1.54) is 14.2 Å². The normalized spacial score (nSPS) is 9.93. The lowest BCUT2D eigenvalue weighted by molar-refractivity contribution is -0.384. The van der Waals surface area contributed by atoms with Gasteiger partial charge in [-0.05, 0) is 6.07 Å². The molecule has 0 fully saturated rings. The average Bonchev–Trinajstić information content (AvgIpc) is 2.16. The number of halogens is 1. The highest BCUT2D eigenvalue weighted by Gasteiger charge is 2.17. The van der Waals surface area contributed by atoms with Crippen LogP contribution < -0.4 is 5.06 Å². The van der Waals surface area contributed by atoms with Gasteiger partial charge in [-0.15, -0.1) is 0 Å². The van der Waals surface area contributed by atoms with Gasteiger partial charge in [-0.3, -0.25) is 20.0 Å². The summed E-state index contributed by atoms with van der Waals surface area (Å²) in [6.07, 6.45) is 0. The van der Waals surface area contributed by atoms with Crippen LogP contribution in [0.25, 0.3) is 0 Å². The summed E-state index contributed by atoms with van der Waals surface area (Å²) in [7, 11) is 2.80.